The fourth-order valence-electron chi connectivity index (χ4n) is 1.75. The molecule has 1 N–H and O–H groups in total. The Bertz CT molecular complexity index is 638. The Balaban J connectivity index is 1.95. The first-order valence-corrected chi connectivity index (χ1v) is 6.27. The number of carboxylic acids is 1. The third kappa shape index (κ3) is 5.08. The van der Waals surface area contributed by atoms with Gasteiger partial charge in [0.2, 0.25) is 0 Å². The number of alkyl halides is 3. The van der Waals surface area contributed by atoms with Gasteiger partial charge in [0.1, 0.15) is 5.75 Å². The van der Waals surface area contributed by atoms with E-state index in [1.54, 1.807) is 6.20 Å². The van der Waals surface area contributed by atoms with E-state index in [2.05, 4.69) is 15.0 Å². The van der Waals surface area contributed by atoms with Gasteiger partial charge in [-0.2, -0.15) is 0 Å². The van der Waals surface area contributed by atoms with E-state index >= 15 is 0 Å². The molecule has 0 radical (unpaired) electrons. The Kier molecular flexibility index (Phi) is 4.64. The Labute approximate surface area is 123 Å². The van der Waals surface area contributed by atoms with Gasteiger partial charge in [0.05, 0.1) is 18.7 Å². The molecule has 0 spiro atoms. The number of aliphatic carboxylic acids is 1. The number of carbonyl (C=O) groups is 1. The molecule has 0 saturated heterocycles. The van der Waals surface area contributed by atoms with Crippen LogP contribution in [0.2, 0.25) is 0 Å². The summed E-state index contributed by atoms with van der Waals surface area (Å²) >= 11 is 0. The Morgan fingerprint density at radius 1 is 1.27 bits per heavy atom. The van der Waals surface area contributed by atoms with Crippen LogP contribution in [0, 0.1) is 0 Å². The molecule has 1 heterocycles. The van der Waals surface area contributed by atoms with Gasteiger partial charge >= 0.3 is 12.3 Å². The molecule has 6 nitrogen and oxygen atoms in total. The molecule has 1 aromatic carbocycles. The van der Waals surface area contributed by atoms with Crippen LogP contribution >= 0.6 is 0 Å². The number of carboxylic acid groups (broad SMARTS) is 1. The summed E-state index contributed by atoms with van der Waals surface area (Å²) in [4.78, 5) is 10.5. The molecule has 1 aromatic heterocycles. The zero-order valence-corrected chi connectivity index (χ0v) is 11.2. The average Bonchev–Trinajstić information content (AvgIpc) is 2.85. The van der Waals surface area contributed by atoms with Crippen molar-refractivity contribution < 1.29 is 27.8 Å². The third-order valence-electron chi connectivity index (χ3n) is 2.68. The van der Waals surface area contributed by atoms with Gasteiger partial charge < -0.3 is 9.84 Å². The number of nitrogens with zero attached hydrogens (tertiary/aromatic N) is 3. The van der Waals surface area contributed by atoms with Gasteiger partial charge in [0, 0.05) is 12.6 Å². The number of halogens is 3. The van der Waals surface area contributed by atoms with Gasteiger partial charge in [-0.05, 0) is 17.7 Å². The minimum Gasteiger partial charge on any atom is -0.481 e. The van der Waals surface area contributed by atoms with Crippen LogP contribution in [-0.4, -0.2) is 32.4 Å². The van der Waals surface area contributed by atoms with E-state index in [9.17, 15) is 18.0 Å². The normalized spacial score (nSPS) is 11.4. The van der Waals surface area contributed by atoms with Crippen molar-refractivity contribution in [3.63, 3.8) is 0 Å². The molecule has 0 fully saturated rings. The average molecular weight is 315 g/mol. The highest BCUT2D eigenvalue weighted by atomic mass is 19.4. The highest BCUT2D eigenvalue weighted by Gasteiger charge is 2.30. The molecule has 9 heteroatoms. The van der Waals surface area contributed by atoms with Gasteiger partial charge in [0.25, 0.3) is 0 Å². The molecular formula is C13H12F3N3O3. The fourth-order valence-corrected chi connectivity index (χ4v) is 1.75. The second kappa shape index (κ2) is 6.46. The molecule has 0 amide bonds. The maximum absolute atomic E-state index is 12.0. The molecule has 0 bridgehead atoms. The number of aromatic nitrogens is 3. The second-order valence-electron chi connectivity index (χ2n) is 4.49. The molecule has 0 aliphatic carbocycles. The van der Waals surface area contributed by atoms with Crippen molar-refractivity contribution in [2.45, 2.75) is 25.7 Å². The van der Waals surface area contributed by atoms with E-state index in [0.29, 0.717) is 17.8 Å². The predicted molar refractivity (Wildman–Crippen MR) is 68.2 cm³/mol. The predicted octanol–water partition coefficient (Wildman–Crippen LogP) is 2.24. The Hall–Kier alpha value is -2.58. The van der Waals surface area contributed by atoms with Crippen LogP contribution in [0.1, 0.15) is 17.7 Å². The summed E-state index contributed by atoms with van der Waals surface area (Å²) in [5.41, 5.74) is 1.25. The number of aryl methyl sites for hydroxylation is 1. The van der Waals surface area contributed by atoms with Crippen molar-refractivity contribution in [1.82, 2.24) is 15.0 Å². The number of rotatable bonds is 6. The minimum atomic E-state index is -4.72. The van der Waals surface area contributed by atoms with Gasteiger partial charge in [-0.25, -0.2) is 4.68 Å². The number of benzene rings is 1. The van der Waals surface area contributed by atoms with Crippen molar-refractivity contribution in [1.29, 1.82) is 0 Å². The monoisotopic (exact) mass is 315 g/mol. The lowest BCUT2D eigenvalue weighted by molar-refractivity contribution is -0.274. The SMILES string of the molecule is O=C(O)CCc1cn(Cc2ccc(OC(F)(F)F)cc2)nn1. The maximum Gasteiger partial charge on any atom is 0.573 e. The summed E-state index contributed by atoms with van der Waals surface area (Å²) in [5, 5.41) is 16.2. The van der Waals surface area contributed by atoms with Crippen molar-refractivity contribution in [3.05, 3.63) is 41.7 Å². The summed E-state index contributed by atoms with van der Waals surface area (Å²) in [6, 6.07) is 5.40. The van der Waals surface area contributed by atoms with Gasteiger partial charge in [0.15, 0.2) is 0 Å². The van der Waals surface area contributed by atoms with Crippen LogP contribution < -0.4 is 4.74 Å². The highest BCUT2D eigenvalue weighted by Crippen LogP contribution is 2.22. The summed E-state index contributed by atoms with van der Waals surface area (Å²) in [6.07, 6.45) is -2.88. The molecule has 2 aromatic rings. The molecule has 22 heavy (non-hydrogen) atoms. The van der Waals surface area contributed by atoms with E-state index in [4.69, 9.17) is 5.11 Å². The Morgan fingerprint density at radius 3 is 2.55 bits per heavy atom. The molecular weight excluding hydrogens is 303 g/mol. The molecule has 0 saturated carbocycles. The highest BCUT2D eigenvalue weighted by molar-refractivity contribution is 5.66. The van der Waals surface area contributed by atoms with E-state index in [1.165, 1.54) is 28.9 Å². The van der Waals surface area contributed by atoms with Gasteiger partial charge in [-0.1, -0.05) is 17.3 Å². The molecule has 0 aliphatic rings. The lowest BCUT2D eigenvalue weighted by Gasteiger charge is -2.09. The Morgan fingerprint density at radius 2 is 1.95 bits per heavy atom. The lowest BCUT2D eigenvalue weighted by Crippen LogP contribution is -2.17. The van der Waals surface area contributed by atoms with E-state index < -0.39 is 12.3 Å². The lowest BCUT2D eigenvalue weighted by atomic mass is 10.2. The second-order valence-corrected chi connectivity index (χ2v) is 4.49. The number of hydrogen-bond donors (Lipinski definition) is 1. The summed E-state index contributed by atoms with van der Waals surface area (Å²) < 4.78 is 41.4. The molecule has 0 unspecified atom stereocenters. The molecule has 0 atom stereocenters. The number of ether oxygens (including phenoxy) is 1. The van der Waals surface area contributed by atoms with Crippen molar-refractivity contribution in [2.75, 3.05) is 0 Å². The van der Waals surface area contributed by atoms with Crippen LogP contribution in [0.5, 0.6) is 5.75 Å². The maximum atomic E-state index is 12.0. The molecule has 0 aliphatic heterocycles. The van der Waals surface area contributed by atoms with Gasteiger partial charge in [-0.15, -0.1) is 18.3 Å². The van der Waals surface area contributed by atoms with Gasteiger partial charge in [-0.3, -0.25) is 4.79 Å². The summed E-state index contributed by atoms with van der Waals surface area (Å²) in [5.74, 6) is -1.22. The van der Waals surface area contributed by atoms with Crippen LogP contribution in [0.15, 0.2) is 30.5 Å². The first kappa shape index (κ1) is 15.8. The fraction of sp³-hybridized carbons (Fsp3) is 0.308. The van der Waals surface area contributed by atoms with Crippen LogP contribution in [0.25, 0.3) is 0 Å². The van der Waals surface area contributed by atoms with Crippen molar-refractivity contribution >= 4 is 5.97 Å². The summed E-state index contributed by atoms with van der Waals surface area (Å²) in [7, 11) is 0. The number of hydrogen-bond acceptors (Lipinski definition) is 4. The smallest absolute Gasteiger partial charge is 0.481 e. The first-order valence-electron chi connectivity index (χ1n) is 6.27. The minimum absolute atomic E-state index is 0.0395. The van der Waals surface area contributed by atoms with Crippen molar-refractivity contribution in [2.24, 2.45) is 0 Å². The quantitative estimate of drug-likeness (QED) is 0.884. The van der Waals surface area contributed by atoms with E-state index in [0.717, 1.165) is 0 Å². The van der Waals surface area contributed by atoms with E-state index in [1.807, 2.05) is 0 Å². The first-order chi connectivity index (χ1) is 10.3. The van der Waals surface area contributed by atoms with E-state index in [-0.39, 0.29) is 18.6 Å². The van der Waals surface area contributed by atoms with Crippen LogP contribution in [0.3, 0.4) is 0 Å². The van der Waals surface area contributed by atoms with Crippen molar-refractivity contribution in [3.8, 4) is 5.75 Å². The zero-order chi connectivity index (χ0) is 16.2. The summed E-state index contributed by atoms with van der Waals surface area (Å²) in [6.45, 7) is 0.312. The molecule has 2 rings (SSSR count). The zero-order valence-electron chi connectivity index (χ0n) is 11.2. The third-order valence-corrected chi connectivity index (χ3v) is 2.68. The van der Waals surface area contributed by atoms with Crippen LogP contribution in [-0.2, 0) is 17.8 Å². The largest absolute Gasteiger partial charge is 0.573 e. The molecule has 118 valence electrons. The van der Waals surface area contributed by atoms with Crippen LogP contribution in [0.4, 0.5) is 13.2 Å². The standard InChI is InChI=1S/C13H12F3N3O3/c14-13(15,16)22-11-4-1-9(2-5-11)7-19-8-10(17-18-19)3-6-12(20)21/h1-2,4-5,8H,3,6-7H2,(H,20,21). The topological polar surface area (TPSA) is 77.2 Å².